The monoisotopic (exact) mass is 256 g/mol. The van der Waals surface area contributed by atoms with Crippen LogP contribution in [-0.4, -0.2) is 15.0 Å². The number of anilines is 1. The van der Waals surface area contributed by atoms with Gasteiger partial charge in [-0.05, 0) is 30.5 Å². The van der Waals surface area contributed by atoms with Crippen molar-refractivity contribution in [1.82, 2.24) is 15.0 Å². The highest BCUT2D eigenvalue weighted by molar-refractivity contribution is 7.17. The van der Waals surface area contributed by atoms with Crippen LogP contribution in [0.4, 0.5) is 5.82 Å². The molecule has 1 N–H and O–H groups in total. The maximum Gasteiger partial charge on any atom is 0.147 e. The summed E-state index contributed by atoms with van der Waals surface area (Å²) in [6.07, 6.45) is 3.39. The lowest BCUT2D eigenvalue weighted by Gasteiger charge is -2.13. The van der Waals surface area contributed by atoms with Crippen LogP contribution in [0.25, 0.3) is 10.2 Å². The standard InChI is InChI=1S/C13H12N4S/c1-9(10-4-2-3-6-14-10)17-13-12-11(5-7-18-12)15-8-16-13/h2-9H,1H3,(H,15,16,17). The Morgan fingerprint density at radius 2 is 2.11 bits per heavy atom. The Morgan fingerprint density at radius 3 is 2.94 bits per heavy atom. The van der Waals surface area contributed by atoms with Crippen LogP contribution >= 0.6 is 11.3 Å². The third-order valence-electron chi connectivity index (χ3n) is 2.73. The number of aromatic nitrogens is 3. The van der Waals surface area contributed by atoms with Crippen molar-refractivity contribution in [3.63, 3.8) is 0 Å². The van der Waals surface area contributed by atoms with Gasteiger partial charge in [0, 0.05) is 6.20 Å². The molecule has 0 aliphatic heterocycles. The second-order valence-electron chi connectivity index (χ2n) is 3.98. The minimum absolute atomic E-state index is 0.117. The molecule has 0 aliphatic rings. The van der Waals surface area contributed by atoms with Crippen LogP contribution in [0.3, 0.4) is 0 Å². The Balaban J connectivity index is 1.91. The molecule has 0 aromatic carbocycles. The van der Waals surface area contributed by atoms with Gasteiger partial charge < -0.3 is 5.32 Å². The molecule has 3 aromatic heterocycles. The number of nitrogens with one attached hydrogen (secondary N) is 1. The van der Waals surface area contributed by atoms with Gasteiger partial charge in [0.15, 0.2) is 0 Å². The Hall–Kier alpha value is -2.01. The van der Waals surface area contributed by atoms with Crippen molar-refractivity contribution in [2.45, 2.75) is 13.0 Å². The summed E-state index contributed by atoms with van der Waals surface area (Å²) in [5.74, 6) is 0.869. The van der Waals surface area contributed by atoms with Crippen LogP contribution in [-0.2, 0) is 0 Å². The van der Waals surface area contributed by atoms with E-state index in [-0.39, 0.29) is 6.04 Å². The molecular weight excluding hydrogens is 244 g/mol. The van der Waals surface area contributed by atoms with E-state index in [2.05, 4.69) is 27.2 Å². The summed E-state index contributed by atoms with van der Waals surface area (Å²) in [5.41, 5.74) is 1.98. The molecule has 0 bridgehead atoms. The quantitative estimate of drug-likeness (QED) is 0.781. The molecule has 0 amide bonds. The van der Waals surface area contributed by atoms with Crippen LogP contribution in [0.5, 0.6) is 0 Å². The number of fused-ring (bicyclic) bond motifs is 1. The van der Waals surface area contributed by atoms with E-state index in [1.54, 1.807) is 23.9 Å². The fourth-order valence-electron chi connectivity index (χ4n) is 1.80. The zero-order valence-electron chi connectivity index (χ0n) is 9.87. The molecule has 0 aliphatic carbocycles. The fourth-order valence-corrected chi connectivity index (χ4v) is 2.60. The first-order valence-electron chi connectivity index (χ1n) is 5.70. The van der Waals surface area contributed by atoms with Crippen molar-refractivity contribution in [2.75, 3.05) is 5.32 Å². The third kappa shape index (κ3) is 2.04. The Labute approximate surface area is 109 Å². The first-order chi connectivity index (χ1) is 8.84. The van der Waals surface area contributed by atoms with Crippen LogP contribution in [0, 0.1) is 0 Å². The molecular formula is C13H12N4S. The van der Waals surface area contributed by atoms with Gasteiger partial charge in [0.1, 0.15) is 12.1 Å². The number of hydrogen-bond acceptors (Lipinski definition) is 5. The van der Waals surface area contributed by atoms with Gasteiger partial charge in [0.2, 0.25) is 0 Å². The van der Waals surface area contributed by atoms with E-state index in [1.807, 2.05) is 29.6 Å². The lowest BCUT2D eigenvalue weighted by atomic mass is 10.2. The van der Waals surface area contributed by atoms with E-state index in [0.29, 0.717) is 0 Å². The average Bonchev–Trinajstić information content (AvgIpc) is 2.89. The van der Waals surface area contributed by atoms with E-state index in [0.717, 1.165) is 21.7 Å². The van der Waals surface area contributed by atoms with Crippen LogP contribution < -0.4 is 5.32 Å². The normalized spacial score (nSPS) is 12.5. The molecule has 0 radical (unpaired) electrons. The molecule has 5 heteroatoms. The first-order valence-corrected chi connectivity index (χ1v) is 6.58. The highest BCUT2D eigenvalue weighted by atomic mass is 32.1. The maximum atomic E-state index is 4.34. The second kappa shape index (κ2) is 4.70. The third-order valence-corrected chi connectivity index (χ3v) is 3.64. The largest absolute Gasteiger partial charge is 0.361 e. The van der Waals surface area contributed by atoms with E-state index in [9.17, 15) is 0 Å². The minimum atomic E-state index is 0.117. The molecule has 0 spiro atoms. The predicted octanol–water partition coefficient (Wildman–Crippen LogP) is 3.26. The summed E-state index contributed by atoms with van der Waals surface area (Å²) in [5, 5.41) is 5.41. The smallest absolute Gasteiger partial charge is 0.147 e. The first kappa shape index (κ1) is 11.1. The molecule has 3 aromatic rings. The van der Waals surface area contributed by atoms with Crippen molar-refractivity contribution in [3.8, 4) is 0 Å². The lowest BCUT2D eigenvalue weighted by Crippen LogP contribution is -2.09. The van der Waals surface area contributed by atoms with E-state index in [1.165, 1.54) is 0 Å². The summed E-state index contributed by atoms with van der Waals surface area (Å²) in [4.78, 5) is 12.9. The Kier molecular flexibility index (Phi) is 2.90. The molecule has 0 fully saturated rings. The SMILES string of the molecule is CC(Nc1ncnc2ccsc12)c1ccccn1. The molecule has 3 heterocycles. The van der Waals surface area contributed by atoms with Gasteiger partial charge in [-0.1, -0.05) is 6.07 Å². The second-order valence-corrected chi connectivity index (χ2v) is 4.89. The number of thiophene rings is 1. The fraction of sp³-hybridized carbons (Fsp3) is 0.154. The molecule has 0 saturated carbocycles. The number of pyridine rings is 1. The van der Waals surface area contributed by atoms with Crippen molar-refractivity contribution in [2.24, 2.45) is 0 Å². The highest BCUT2D eigenvalue weighted by Crippen LogP contribution is 2.27. The van der Waals surface area contributed by atoms with Crippen LogP contribution in [0.1, 0.15) is 18.7 Å². The maximum absolute atomic E-state index is 4.34. The zero-order valence-corrected chi connectivity index (χ0v) is 10.7. The van der Waals surface area contributed by atoms with E-state index >= 15 is 0 Å². The number of nitrogens with zero attached hydrogens (tertiary/aromatic N) is 3. The van der Waals surface area contributed by atoms with Gasteiger partial charge in [-0.3, -0.25) is 4.98 Å². The van der Waals surface area contributed by atoms with E-state index in [4.69, 9.17) is 0 Å². The molecule has 3 rings (SSSR count). The Morgan fingerprint density at radius 1 is 1.17 bits per heavy atom. The molecule has 90 valence electrons. The summed E-state index contributed by atoms with van der Waals surface area (Å²) < 4.78 is 1.08. The molecule has 18 heavy (non-hydrogen) atoms. The van der Waals surface area contributed by atoms with Crippen molar-refractivity contribution < 1.29 is 0 Å². The van der Waals surface area contributed by atoms with Crippen LogP contribution in [0.2, 0.25) is 0 Å². The van der Waals surface area contributed by atoms with Crippen molar-refractivity contribution >= 4 is 27.4 Å². The summed E-state index contributed by atoms with van der Waals surface area (Å²) in [7, 11) is 0. The summed E-state index contributed by atoms with van der Waals surface area (Å²) >= 11 is 1.64. The Bertz CT molecular complexity index is 650. The predicted molar refractivity (Wildman–Crippen MR) is 73.7 cm³/mol. The van der Waals surface area contributed by atoms with Gasteiger partial charge in [0.05, 0.1) is 22.0 Å². The lowest BCUT2D eigenvalue weighted by molar-refractivity contribution is 0.833. The summed E-state index contributed by atoms with van der Waals surface area (Å²) in [6, 6.07) is 8.02. The van der Waals surface area contributed by atoms with Crippen molar-refractivity contribution in [1.29, 1.82) is 0 Å². The van der Waals surface area contributed by atoms with Gasteiger partial charge in [0.25, 0.3) is 0 Å². The molecule has 1 unspecified atom stereocenters. The minimum Gasteiger partial charge on any atom is -0.361 e. The highest BCUT2D eigenvalue weighted by Gasteiger charge is 2.10. The zero-order chi connectivity index (χ0) is 12.4. The topological polar surface area (TPSA) is 50.7 Å². The van der Waals surface area contributed by atoms with Gasteiger partial charge in [-0.25, -0.2) is 9.97 Å². The van der Waals surface area contributed by atoms with Gasteiger partial charge in [-0.2, -0.15) is 0 Å². The van der Waals surface area contributed by atoms with Crippen molar-refractivity contribution in [3.05, 3.63) is 47.9 Å². The van der Waals surface area contributed by atoms with E-state index < -0.39 is 0 Å². The molecule has 4 nitrogen and oxygen atoms in total. The van der Waals surface area contributed by atoms with Gasteiger partial charge in [-0.15, -0.1) is 11.3 Å². The average molecular weight is 256 g/mol. The van der Waals surface area contributed by atoms with Crippen LogP contribution in [0.15, 0.2) is 42.2 Å². The number of hydrogen-bond donors (Lipinski definition) is 1. The molecule has 1 atom stereocenters. The number of rotatable bonds is 3. The molecule has 0 saturated heterocycles. The van der Waals surface area contributed by atoms with Gasteiger partial charge >= 0.3 is 0 Å². The summed E-state index contributed by atoms with van der Waals surface area (Å²) in [6.45, 7) is 2.07.